The van der Waals surface area contributed by atoms with E-state index in [1.807, 2.05) is 49.4 Å². The third-order valence-electron chi connectivity index (χ3n) is 3.56. The number of hydroxylamine groups is 1. The topological polar surface area (TPSA) is 59.2 Å². The summed E-state index contributed by atoms with van der Waals surface area (Å²) in [6.07, 6.45) is 1.28. The lowest BCUT2D eigenvalue weighted by atomic mass is 10.1. The lowest BCUT2D eigenvalue weighted by Gasteiger charge is -2.08. The summed E-state index contributed by atoms with van der Waals surface area (Å²) >= 11 is 6.13. The average Bonchev–Trinajstić information content (AvgIpc) is 2.53. The second-order valence-corrected chi connectivity index (χ2v) is 5.73. The van der Waals surface area contributed by atoms with Gasteiger partial charge in [-0.1, -0.05) is 53.6 Å². The standard InChI is InChI=1S/C18H15ClN2O2/c1-12-7-8-16-14(9-12)17(22)15(18(19)20-16)11-21(23)10-13-5-3-2-4-6-13/h2-9,11H,10H2,1H3,(H,20,22)/b21-11-. The summed E-state index contributed by atoms with van der Waals surface area (Å²) in [5.41, 5.74) is 2.69. The van der Waals surface area contributed by atoms with E-state index in [1.54, 1.807) is 6.07 Å². The second-order valence-electron chi connectivity index (χ2n) is 5.38. The largest absolute Gasteiger partial charge is 0.624 e. The van der Waals surface area contributed by atoms with Crippen LogP contribution in [0.4, 0.5) is 0 Å². The fourth-order valence-corrected chi connectivity index (χ4v) is 2.64. The Labute approximate surface area is 138 Å². The predicted molar refractivity (Wildman–Crippen MR) is 92.1 cm³/mol. The zero-order chi connectivity index (χ0) is 16.4. The van der Waals surface area contributed by atoms with Crippen molar-refractivity contribution >= 4 is 28.7 Å². The van der Waals surface area contributed by atoms with Gasteiger partial charge in [0, 0.05) is 10.9 Å². The molecule has 0 radical (unpaired) electrons. The highest BCUT2D eigenvalue weighted by Gasteiger charge is 2.15. The first-order chi connectivity index (χ1) is 11.0. The Balaban J connectivity index is 2.03. The van der Waals surface area contributed by atoms with Crippen molar-refractivity contribution in [3.63, 3.8) is 0 Å². The SMILES string of the molecule is Cc1ccc2nc(Cl)c(/C=[N+](\[O-])Cc3ccccc3)c(O)c2c1. The van der Waals surface area contributed by atoms with Gasteiger partial charge in [-0.05, 0) is 19.1 Å². The van der Waals surface area contributed by atoms with Crippen molar-refractivity contribution in [1.82, 2.24) is 4.98 Å². The highest BCUT2D eigenvalue weighted by atomic mass is 35.5. The molecule has 1 aromatic heterocycles. The van der Waals surface area contributed by atoms with Crippen LogP contribution in [0, 0.1) is 12.1 Å². The number of fused-ring (bicyclic) bond motifs is 1. The van der Waals surface area contributed by atoms with Crippen LogP contribution in [0.1, 0.15) is 16.7 Å². The number of halogens is 1. The van der Waals surface area contributed by atoms with Crippen molar-refractivity contribution in [3.8, 4) is 5.75 Å². The van der Waals surface area contributed by atoms with Gasteiger partial charge in [-0.25, -0.2) is 9.72 Å². The molecule has 1 N–H and O–H groups in total. The number of rotatable bonds is 3. The lowest BCUT2D eigenvalue weighted by molar-refractivity contribution is -0.469. The monoisotopic (exact) mass is 326 g/mol. The molecule has 4 nitrogen and oxygen atoms in total. The molecule has 0 bridgehead atoms. The van der Waals surface area contributed by atoms with Crippen molar-refractivity contribution in [2.75, 3.05) is 0 Å². The van der Waals surface area contributed by atoms with Crippen molar-refractivity contribution < 1.29 is 9.85 Å². The number of pyridine rings is 1. The minimum absolute atomic E-state index is 0.0300. The Morgan fingerprint density at radius 1 is 1.22 bits per heavy atom. The summed E-state index contributed by atoms with van der Waals surface area (Å²) in [7, 11) is 0. The fourth-order valence-electron chi connectivity index (χ4n) is 2.41. The highest BCUT2D eigenvalue weighted by molar-refractivity contribution is 6.32. The molecule has 1 heterocycles. The molecule has 0 saturated heterocycles. The molecule has 2 aromatic carbocycles. The molecule has 0 aliphatic heterocycles. The summed E-state index contributed by atoms with van der Waals surface area (Å²) in [5.74, 6) is -0.0300. The summed E-state index contributed by atoms with van der Waals surface area (Å²) in [6.45, 7) is 2.09. The molecule has 0 fully saturated rings. The maximum atomic E-state index is 12.2. The van der Waals surface area contributed by atoms with Crippen LogP contribution in [-0.4, -0.2) is 21.0 Å². The number of aromatic hydroxyl groups is 1. The molecular weight excluding hydrogens is 312 g/mol. The molecule has 0 spiro atoms. The lowest BCUT2D eigenvalue weighted by Crippen LogP contribution is -2.07. The van der Waals surface area contributed by atoms with E-state index in [-0.39, 0.29) is 23.0 Å². The van der Waals surface area contributed by atoms with E-state index >= 15 is 0 Å². The Kier molecular flexibility index (Phi) is 4.17. The van der Waals surface area contributed by atoms with Crippen molar-refractivity contribution in [3.05, 3.63) is 75.6 Å². The van der Waals surface area contributed by atoms with Gasteiger partial charge in [-0.3, -0.25) is 0 Å². The normalized spacial score (nSPS) is 11.8. The molecular formula is C18H15ClN2O2. The highest BCUT2D eigenvalue weighted by Crippen LogP contribution is 2.31. The fraction of sp³-hybridized carbons (Fsp3) is 0.111. The molecule has 0 aliphatic rings. The summed E-state index contributed by atoms with van der Waals surface area (Å²) in [4.78, 5) is 4.25. The van der Waals surface area contributed by atoms with Crippen LogP contribution < -0.4 is 0 Å². The van der Waals surface area contributed by atoms with Crippen LogP contribution in [0.3, 0.4) is 0 Å². The molecule has 5 heteroatoms. The zero-order valence-electron chi connectivity index (χ0n) is 12.5. The van der Waals surface area contributed by atoms with Gasteiger partial charge in [0.25, 0.3) is 0 Å². The summed E-state index contributed by atoms with van der Waals surface area (Å²) in [6, 6.07) is 14.9. The molecule has 0 atom stereocenters. The third kappa shape index (κ3) is 3.27. The predicted octanol–water partition coefficient (Wildman–Crippen LogP) is 4.03. The molecule has 3 rings (SSSR count). The van der Waals surface area contributed by atoms with Gasteiger partial charge in [0.05, 0.1) is 5.52 Å². The van der Waals surface area contributed by atoms with Crippen LogP contribution in [0.25, 0.3) is 10.9 Å². The molecule has 116 valence electrons. The number of benzene rings is 2. The van der Waals surface area contributed by atoms with Crippen molar-refractivity contribution in [2.24, 2.45) is 0 Å². The van der Waals surface area contributed by atoms with Gasteiger partial charge in [0.2, 0.25) is 0 Å². The van der Waals surface area contributed by atoms with Crippen LogP contribution in [0.15, 0.2) is 48.5 Å². The van der Waals surface area contributed by atoms with E-state index in [0.717, 1.165) is 15.9 Å². The van der Waals surface area contributed by atoms with E-state index < -0.39 is 0 Å². The summed E-state index contributed by atoms with van der Waals surface area (Å²) in [5, 5.41) is 23.3. The van der Waals surface area contributed by atoms with Crippen molar-refractivity contribution in [2.45, 2.75) is 13.5 Å². The second kappa shape index (κ2) is 6.26. The number of hydrogen-bond donors (Lipinski definition) is 1. The first-order valence-electron chi connectivity index (χ1n) is 7.16. The van der Waals surface area contributed by atoms with E-state index in [4.69, 9.17) is 11.6 Å². The van der Waals surface area contributed by atoms with Gasteiger partial charge < -0.3 is 10.3 Å². The molecule has 3 aromatic rings. The van der Waals surface area contributed by atoms with Gasteiger partial charge in [0.1, 0.15) is 16.5 Å². The van der Waals surface area contributed by atoms with Gasteiger partial charge in [-0.2, -0.15) is 0 Å². The molecule has 23 heavy (non-hydrogen) atoms. The maximum Gasteiger partial charge on any atom is 0.189 e. The first kappa shape index (κ1) is 15.3. The molecule has 0 unspecified atom stereocenters. The van der Waals surface area contributed by atoms with E-state index in [2.05, 4.69) is 4.98 Å². The molecule has 0 saturated carbocycles. The zero-order valence-corrected chi connectivity index (χ0v) is 13.3. The molecule has 0 amide bonds. The minimum Gasteiger partial charge on any atom is -0.624 e. The molecule has 0 aliphatic carbocycles. The first-order valence-corrected chi connectivity index (χ1v) is 7.54. The minimum atomic E-state index is -0.0300. The third-order valence-corrected chi connectivity index (χ3v) is 3.85. The Morgan fingerprint density at radius 2 is 1.96 bits per heavy atom. The van der Waals surface area contributed by atoms with E-state index in [0.29, 0.717) is 10.9 Å². The Morgan fingerprint density at radius 3 is 2.70 bits per heavy atom. The van der Waals surface area contributed by atoms with Crippen molar-refractivity contribution in [1.29, 1.82) is 0 Å². The van der Waals surface area contributed by atoms with E-state index in [1.165, 1.54) is 6.21 Å². The summed E-state index contributed by atoms with van der Waals surface area (Å²) < 4.78 is 0.736. The van der Waals surface area contributed by atoms with E-state index in [9.17, 15) is 10.3 Å². The van der Waals surface area contributed by atoms with Gasteiger partial charge in [0.15, 0.2) is 12.8 Å². The number of nitrogens with zero attached hydrogens (tertiary/aromatic N) is 2. The maximum absolute atomic E-state index is 12.2. The average molecular weight is 327 g/mol. The van der Waals surface area contributed by atoms with Gasteiger partial charge >= 0.3 is 0 Å². The number of aryl methyl sites for hydroxylation is 1. The smallest absolute Gasteiger partial charge is 0.189 e. The van der Waals surface area contributed by atoms with Crippen LogP contribution in [-0.2, 0) is 6.54 Å². The number of aromatic nitrogens is 1. The quantitative estimate of drug-likeness (QED) is 0.260. The van der Waals surface area contributed by atoms with Crippen LogP contribution in [0.5, 0.6) is 5.75 Å². The number of hydrogen-bond acceptors (Lipinski definition) is 3. The van der Waals surface area contributed by atoms with Gasteiger partial charge in [-0.15, -0.1) is 0 Å². The Hall–Kier alpha value is -2.59. The van der Waals surface area contributed by atoms with Crippen LogP contribution in [0.2, 0.25) is 5.15 Å². The Bertz CT molecular complexity index is 892. The van der Waals surface area contributed by atoms with Crippen LogP contribution >= 0.6 is 11.6 Å².